The van der Waals surface area contributed by atoms with Crippen LogP contribution in [-0.4, -0.2) is 69.5 Å². The van der Waals surface area contributed by atoms with Crippen molar-refractivity contribution in [2.75, 3.05) is 46.9 Å². The van der Waals surface area contributed by atoms with Crippen molar-refractivity contribution in [3.05, 3.63) is 0 Å². The fourth-order valence-electron chi connectivity index (χ4n) is 1.51. The van der Waals surface area contributed by atoms with E-state index in [0.29, 0.717) is 26.2 Å². The SMILES string of the molecule is CCNC(=NCCCOC)NCCN(C)C(=O)OC(C)(C)C.I. The molecule has 0 rings (SSSR count). The summed E-state index contributed by atoms with van der Waals surface area (Å²) in [6, 6.07) is 0. The lowest BCUT2D eigenvalue weighted by atomic mass is 10.2. The number of halogens is 1. The third-order valence-corrected chi connectivity index (χ3v) is 2.57. The number of nitrogens with zero attached hydrogens (tertiary/aromatic N) is 2. The van der Waals surface area contributed by atoms with Gasteiger partial charge in [-0.15, -0.1) is 24.0 Å². The van der Waals surface area contributed by atoms with Gasteiger partial charge in [-0.2, -0.15) is 0 Å². The summed E-state index contributed by atoms with van der Waals surface area (Å²) in [5.41, 5.74) is -0.476. The lowest BCUT2D eigenvalue weighted by molar-refractivity contribution is 0.0302. The number of aliphatic imine (C=N–C) groups is 1. The van der Waals surface area contributed by atoms with E-state index in [2.05, 4.69) is 15.6 Å². The summed E-state index contributed by atoms with van der Waals surface area (Å²) >= 11 is 0. The standard InChI is InChI=1S/C15H32N4O3.HI/c1-7-16-13(17-9-8-12-21-6)18-10-11-19(5)14(20)22-15(2,3)4;/h7-12H2,1-6H3,(H2,16,17,18);1H. The molecule has 0 unspecified atom stereocenters. The molecule has 0 saturated carbocycles. The summed E-state index contributed by atoms with van der Waals surface area (Å²) in [6.07, 6.45) is 0.557. The normalized spacial score (nSPS) is 11.5. The molecule has 7 nitrogen and oxygen atoms in total. The van der Waals surface area contributed by atoms with Crippen LogP contribution in [-0.2, 0) is 9.47 Å². The van der Waals surface area contributed by atoms with Crippen LogP contribution in [0, 0.1) is 0 Å². The van der Waals surface area contributed by atoms with Crippen molar-refractivity contribution in [3.8, 4) is 0 Å². The van der Waals surface area contributed by atoms with Crippen LogP contribution in [0.3, 0.4) is 0 Å². The Hall–Kier alpha value is -0.770. The fraction of sp³-hybridized carbons (Fsp3) is 0.867. The molecule has 0 aromatic heterocycles. The molecule has 2 N–H and O–H groups in total. The van der Waals surface area contributed by atoms with Gasteiger partial charge in [0.05, 0.1) is 0 Å². The Bertz CT molecular complexity index is 346. The zero-order valence-corrected chi connectivity index (χ0v) is 17.6. The van der Waals surface area contributed by atoms with Crippen molar-refractivity contribution < 1.29 is 14.3 Å². The average molecular weight is 444 g/mol. The molecule has 0 spiro atoms. The van der Waals surface area contributed by atoms with Gasteiger partial charge in [0.2, 0.25) is 0 Å². The van der Waals surface area contributed by atoms with E-state index in [1.165, 1.54) is 0 Å². The van der Waals surface area contributed by atoms with Crippen molar-refractivity contribution in [2.24, 2.45) is 4.99 Å². The van der Waals surface area contributed by atoms with Crippen LogP contribution < -0.4 is 10.6 Å². The van der Waals surface area contributed by atoms with Crippen molar-refractivity contribution in [1.29, 1.82) is 0 Å². The molecule has 138 valence electrons. The van der Waals surface area contributed by atoms with E-state index in [4.69, 9.17) is 9.47 Å². The van der Waals surface area contributed by atoms with Crippen LogP contribution in [0.4, 0.5) is 4.79 Å². The molecule has 0 aliphatic carbocycles. The first-order valence-corrected chi connectivity index (χ1v) is 7.75. The Labute approximate surface area is 157 Å². The van der Waals surface area contributed by atoms with Crippen molar-refractivity contribution >= 4 is 36.0 Å². The predicted octanol–water partition coefficient (Wildman–Crippen LogP) is 2.06. The highest BCUT2D eigenvalue weighted by Crippen LogP contribution is 2.08. The first-order chi connectivity index (χ1) is 10.3. The summed E-state index contributed by atoms with van der Waals surface area (Å²) in [6.45, 7) is 10.9. The van der Waals surface area contributed by atoms with Gasteiger partial charge in [-0.3, -0.25) is 4.99 Å². The molecule has 0 saturated heterocycles. The quantitative estimate of drug-likeness (QED) is 0.260. The number of rotatable bonds is 8. The number of nitrogens with one attached hydrogen (secondary N) is 2. The molecular formula is C15H33IN4O3. The monoisotopic (exact) mass is 444 g/mol. The minimum absolute atomic E-state index is 0. The number of hydrogen-bond donors (Lipinski definition) is 2. The first-order valence-electron chi connectivity index (χ1n) is 7.75. The maximum Gasteiger partial charge on any atom is 0.410 e. The number of carbonyl (C=O) groups is 1. The molecule has 8 heteroatoms. The van der Waals surface area contributed by atoms with Gasteiger partial charge in [-0.1, -0.05) is 0 Å². The van der Waals surface area contributed by atoms with Gasteiger partial charge < -0.3 is 25.0 Å². The Balaban J connectivity index is 0. The van der Waals surface area contributed by atoms with E-state index in [9.17, 15) is 4.79 Å². The molecule has 0 bridgehead atoms. The maximum atomic E-state index is 11.8. The van der Waals surface area contributed by atoms with E-state index in [1.54, 1.807) is 19.1 Å². The van der Waals surface area contributed by atoms with Crippen LogP contribution in [0.15, 0.2) is 4.99 Å². The molecule has 0 aliphatic rings. The second kappa shape index (κ2) is 13.6. The molecule has 0 heterocycles. The molecule has 23 heavy (non-hydrogen) atoms. The van der Waals surface area contributed by atoms with Gasteiger partial charge in [0.15, 0.2) is 5.96 Å². The third-order valence-electron chi connectivity index (χ3n) is 2.57. The molecule has 0 fully saturated rings. The van der Waals surface area contributed by atoms with E-state index < -0.39 is 5.60 Å². The predicted molar refractivity (Wildman–Crippen MR) is 105 cm³/mol. The van der Waals surface area contributed by atoms with Crippen molar-refractivity contribution in [3.63, 3.8) is 0 Å². The average Bonchev–Trinajstić information content (AvgIpc) is 2.41. The Morgan fingerprint density at radius 2 is 1.91 bits per heavy atom. The Morgan fingerprint density at radius 1 is 1.26 bits per heavy atom. The molecule has 0 aliphatic heterocycles. The van der Waals surface area contributed by atoms with Gasteiger partial charge in [-0.25, -0.2) is 4.79 Å². The van der Waals surface area contributed by atoms with E-state index in [1.807, 2.05) is 27.7 Å². The topological polar surface area (TPSA) is 75.2 Å². The first kappa shape index (κ1) is 24.5. The van der Waals surface area contributed by atoms with Gasteiger partial charge in [-0.05, 0) is 34.1 Å². The highest BCUT2D eigenvalue weighted by molar-refractivity contribution is 14.0. The number of ether oxygens (including phenoxy) is 2. The van der Waals surface area contributed by atoms with Gasteiger partial charge in [0, 0.05) is 46.9 Å². The second-order valence-electron chi connectivity index (χ2n) is 5.94. The summed E-state index contributed by atoms with van der Waals surface area (Å²) in [5.74, 6) is 0.746. The zero-order valence-electron chi connectivity index (χ0n) is 15.3. The van der Waals surface area contributed by atoms with Crippen molar-refractivity contribution in [2.45, 2.75) is 39.7 Å². The molecule has 0 radical (unpaired) electrons. The Morgan fingerprint density at radius 3 is 2.43 bits per heavy atom. The van der Waals surface area contributed by atoms with Gasteiger partial charge in [0.1, 0.15) is 5.60 Å². The second-order valence-corrected chi connectivity index (χ2v) is 5.94. The van der Waals surface area contributed by atoms with Crippen LogP contribution in [0.2, 0.25) is 0 Å². The summed E-state index contributed by atoms with van der Waals surface area (Å²) in [4.78, 5) is 17.8. The number of hydrogen-bond acceptors (Lipinski definition) is 4. The minimum atomic E-state index is -0.476. The van der Waals surface area contributed by atoms with E-state index >= 15 is 0 Å². The fourth-order valence-corrected chi connectivity index (χ4v) is 1.51. The number of carbonyl (C=O) groups excluding carboxylic acids is 1. The number of methoxy groups -OCH3 is 1. The largest absolute Gasteiger partial charge is 0.444 e. The van der Waals surface area contributed by atoms with E-state index in [0.717, 1.165) is 18.9 Å². The summed E-state index contributed by atoms with van der Waals surface area (Å²) < 4.78 is 10.3. The number of amides is 1. The maximum absolute atomic E-state index is 11.8. The van der Waals surface area contributed by atoms with E-state index in [-0.39, 0.29) is 30.1 Å². The lowest BCUT2D eigenvalue weighted by Crippen LogP contribution is -2.43. The molecule has 1 amide bonds. The minimum Gasteiger partial charge on any atom is -0.444 e. The highest BCUT2D eigenvalue weighted by atomic mass is 127. The highest BCUT2D eigenvalue weighted by Gasteiger charge is 2.19. The van der Waals surface area contributed by atoms with Crippen LogP contribution in [0.25, 0.3) is 0 Å². The summed E-state index contributed by atoms with van der Waals surface area (Å²) in [7, 11) is 3.40. The zero-order chi connectivity index (χ0) is 17.0. The van der Waals surface area contributed by atoms with Crippen molar-refractivity contribution in [1.82, 2.24) is 15.5 Å². The number of likely N-dealkylation sites (N-methyl/N-ethyl adjacent to an activating group) is 1. The smallest absolute Gasteiger partial charge is 0.410 e. The third kappa shape index (κ3) is 14.5. The van der Waals surface area contributed by atoms with Crippen LogP contribution in [0.5, 0.6) is 0 Å². The molecule has 0 aromatic carbocycles. The molecule has 0 atom stereocenters. The van der Waals surface area contributed by atoms with Crippen LogP contribution in [0.1, 0.15) is 34.1 Å². The van der Waals surface area contributed by atoms with Gasteiger partial charge >= 0.3 is 6.09 Å². The molecular weight excluding hydrogens is 411 g/mol. The molecule has 0 aromatic rings. The summed E-state index contributed by atoms with van der Waals surface area (Å²) in [5, 5.41) is 6.36. The lowest BCUT2D eigenvalue weighted by Gasteiger charge is -2.24. The number of guanidine groups is 1. The van der Waals surface area contributed by atoms with Gasteiger partial charge in [0.25, 0.3) is 0 Å². The van der Waals surface area contributed by atoms with Crippen LogP contribution >= 0.6 is 24.0 Å². The Kier molecular flexibility index (Phi) is 14.5.